The summed E-state index contributed by atoms with van der Waals surface area (Å²) >= 11 is 0. The molecule has 3 N–H and O–H groups in total. The number of ketones is 1. The number of aliphatic hydroxyl groups is 2. The Morgan fingerprint density at radius 1 is 1.03 bits per heavy atom. The molecule has 30 heavy (non-hydrogen) atoms. The van der Waals surface area contributed by atoms with E-state index in [1.54, 1.807) is 4.90 Å². The van der Waals surface area contributed by atoms with Crippen LogP contribution in [0.25, 0.3) is 11.1 Å². The van der Waals surface area contributed by atoms with E-state index in [1.165, 1.54) is 18.1 Å². The Morgan fingerprint density at radius 2 is 1.70 bits per heavy atom. The fourth-order valence-electron chi connectivity index (χ4n) is 3.65. The summed E-state index contributed by atoms with van der Waals surface area (Å²) in [4.78, 5) is 28.0. The van der Waals surface area contributed by atoms with Crippen molar-refractivity contribution in [3.8, 4) is 11.1 Å². The van der Waals surface area contributed by atoms with Crippen molar-refractivity contribution in [2.45, 2.75) is 26.0 Å². The molecule has 3 rings (SSSR count). The number of piperazine rings is 1. The van der Waals surface area contributed by atoms with Crippen LogP contribution < -0.4 is 10.2 Å². The van der Waals surface area contributed by atoms with Gasteiger partial charge in [-0.05, 0) is 37.1 Å². The minimum absolute atomic E-state index is 0.405. The van der Waals surface area contributed by atoms with Crippen molar-refractivity contribution in [3.63, 3.8) is 0 Å². The van der Waals surface area contributed by atoms with Gasteiger partial charge >= 0.3 is 6.03 Å². The second-order valence-electron chi connectivity index (χ2n) is 7.68. The third-order valence-corrected chi connectivity index (χ3v) is 5.41. The Hall–Kier alpha value is -2.90. The normalized spacial score (nSPS) is 16.1. The van der Waals surface area contributed by atoms with E-state index in [0.29, 0.717) is 26.2 Å². The van der Waals surface area contributed by atoms with Gasteiger partial charge in [-0.2, -0.15) is 0 Å². The Balaban J connectivity index is 1.57. The largest absolute Gasteiger partial charge is 0.391 e. The molecule has 7 heteroatoms. The van der Waals surface area contributed by atoms with Gasteiger partial charge in [-0.1, -0.05) is 42.0 Å². The number of hydrogen-bond donors (Lipinski definition) is 3. The minimum atomic E-state index is -1.10. The summed E-state index contributed by atoms with van der Waals surface area (Å²) in [7, 11) is 0. The number of aliphatic hydroxyl groups excluding tert-OH is 2. The molecule has 0 saturated carbocycles. The first-order valence-electron chi connectivity index (χ1n) is 10.2. The summed E-state index contributed by atoms with van der Waals surface area (Å²) in [5.74, 6) is -0.606. The molecule has 2 atom stereocenters. The van der Waals surface area contributed by atoms with E-state index in [1.807, 2.05) is 0 Å². The standard InChI is InChI=1S/C23H29N3O4/c1-16-4-3-5-19(14-16)18-6-8-20(9-7-18)25-10-12-26(13-11-25)23(30)24-22(17(2)28)21(29)15-27/h3-9,14,17,22,27-28H,10-13,15H2,1-2H3,(H,24,30)/t17-,22+/m1/s1. The van der Waals surface area contributed by atoms with Crippen LogP contribution in [-0.4, -0.2) is 71.9 Å². The summed E-state index contributed by atoms with van der Waals surface area (Å²) in [6.45, 7) is 5.13. The summed E-state index contributed by atoms with van der Waals surface area (Å²) in [5, 5.41) is 21.2. The van der Waals surface area contributed by atoms with Crippen LogP contribution in [0.2, 0.25) is 0 Å². The van der Waals surface area contributed by atoms with Crippen LogP contribution in [0.1, 0.15) is 12.5 Å². The second kappa shape index (κ2) is 9.73. The molecule has 0 bridgehead atoms. The van der Waals surface area contributed by atoms with Gasteiger partial charge in [-0.25, -0.2) is 4.79 Å². The van der Waals surface area contributed by atoms with Crippen molar-refractivity contribution in [2.24, 2.45) is 0 Å². The number of anilines is 1. The number of nitrogens with one attached hydrogen (secondary N) is 1. The van der Waals surface area contributed by atoms with E-state index in [4.69, 9.17) is 5.11 Å². The predicted octanol–water partition coefficient (Wildman–Crippen LogP) is 1.80. The highest BCUT2D eigenvalue weighted by molar-refractivity contribution is 5.89. The van der Waals surface area contributed by atoms with E-state index >= 15 is 0 Å². The van der Waals surface area contributed by atoms with Crippen molar-refractivity contribution in [1.29, 1.82) is 0 Å². The maximum absolute atomic E-state index is 12.5. The lowest BCUT2D eigenvalue weighted by atomic mass is 10.0. The van der Waals surface area contributed by atoms with Gasteiger partial charge in [-0.15, -0.1) is 0 Å². The van der Waals surface area contributed by atoms with Crippen molar-refractivity contribution >= 4 is 17.5 Å². The van der Waals surface area contributed by atoms with Crippen LogP contribution in [-0.2, 0) is 4.79 Å². The van der Waals surface area contributed by atoms with E-state index < -0.39 is 30.6 Å². The number of benzene rings is 2. The molecule has 1 saturated heterocycles. The molecular formula is C23H29N3O4. The highest BCUT2D eigenvalue weighted by Crippen LogP contribution is 2.24. The van der Waals surface area contributed by atoms with E-state index in [0.717, 1.165) is 11.3 Å². The van der Waals surface area contributed by atoms with Gasteiger partial charge in [0.25, 0.3) is 0 Å². The lowest BCUT2D eigenvalue weighted by molar-refractivity contribution is -0.125. The zero-order valence-corrected chi connectivity index (χ0v) is 17.4. The quantitative estimate of drug-likeness (QED) is 0.674. The molecule has 0 radical (unpaired) electrons. The fourth-order valence-corrected chi connectivity index (χ4v) is 3.65. The number of aryl methyl sites for hydroxylation is 1. The maximum atomic E-state index is 12.5. The van der Waals surface area contributed by atoms with Crippen LogP contribution in [0.4, 0.5) is 10.5 Å². The minimum Gasteiger partial charge on any atom is -0.391 e. The molecule has 1 heterocycles. The van der Waals surface area contributed by atoms with Gasteiger partial charge in [0.1, 0.15) is 12.6 Å². The molecule has 7 nitrogen and oxygen atoms in total. The third kappa shape index (κ3) is 5.17. The molecule has 160 valence electrons. The van der Waals surface area contributed by atoms with Crippen LogP contribution >= 0.6 is 0 Å². The lowest BCUT2D eigenvalue weighted by Crippen LogP contribution is -2.57. The average molecular weight is 412 g/mol. The molecule has 0 aromatic heterocycles. The molecular weight excluding hydrogens is 382 g/mol. The first-order valence-corrected chi connectivity index (χ1v) is 10.2. The van der Waals surface area contributed by atoms with Crippen molar-refractivity contribution < 1.29 is 19.8 Å². The maximum Gasteiger partial charge on any atom is 0.318 e. The van der Waals surface area contributed by atoms with Crippen LogP contribution in [0.15, 0.2) is 48.5 Å². The van der Waals surface area contributed by atoms with E-state index in [9.17, 15) is 14.7 Å². The zero-order chi connectivity index (χ0) is 21.7. The Labute approximate surface area is 176 Å². The van der Waals surface area contributed by atoms with Crippen molar-refractivity contribution in [1.82, 2.24) is 10.2 Å². The highest BCUT2D eigenvalue weighted by atomic mass is 16.3. The molecule has 2 aromatic rings. The fraction of sp³-hybridized carbons (Fsp3) is 0.391. The molecule has 0 unspecified atom stereocenters. The summed E-state index contributed by atoms with van der Waals surface area (Å²) in [6, 6.07) is 15.3. The average Bonchev–Trinajstić information content (AvgIpc) is 2.77. The van der Waals surface area contributed by atoms with E-state index in [2.05, 4.69) is 65.7 Å². The van der Waals surface area contributed by atoms with Crippen molar-refractivity contribution in [2.75, 3.05) is 37.7 Å². The number of urea groups is 1. The Bertz CT molecular complexity index is 874. The first kappa shape index (κ1) is 21.8. The summed E-state index contributed by atoms with van der Waals surface area (Å²) in [5.41, 5.74) is 4.68. The number of carbonyl (C=O) groups excluding carboxylic acids is 2. The second-order valence-corrected chi connectivity index (χ2v) is 7.68. The number of Topliss-reactive ketones (excluding diaryl/α,β-unsaturated/α-hetero) is 1. The monoisotopic (exact) mass is 411 g/mol. The van der Waals surface area contributed by atoms with Crippen LogP contribution in [0.5, 0.6) is 0 Å². The van der Waals surface area contributed by atoms with Gasteiger partial charge in [-0.3, -0.25) is 4.79 Å². The molecule has 1 fully saturated rings. The molecule has 1 aliphatic heterocycles. The Morgan fingerprint density at radius 3 is 2.27 bits per heavy atom. The lowest BCUT2D eigenvalue weighted by Gasteiger charge is -2.37. The van der Waals surface area contributed by atoms with Gasteiger partial charge in [0.05, 0.1) is 6.10 Å². The van der Waals surface area contributed by atoms with Crippen molar-refractivity contribution in [3.05, 3.63) is 54.1 Å². The summed E-state index contributed by atoms with van der Waals surface area (Å²) < 4.78 is 0. The number of nitrogens with zero attached hydrogens (tertiary/aromatic N) is 2. The number of amides is 2. The topological polar surface area (TPSA) is 93.1 Å². The van der Waals surface area contributed by atoms with Crippen LogP contribution in [0.3, 0.4) is 0 Å². The smallest absolute Gasteiger partial charge is 0.318 e. The molecule has 0 aliphatic carbocycles. The zero-order valence-electron chi connectivity index (χ0n) is 17.4. The number of carbonyl (C=O) groups is 2. The van der Waals surface area contributed by atoms with Gasteiger partial charge in [0.15, 0.2) is 5.78 Å². The molecule has 0 spiro atoms. The van der Waals surface area contributed by atoms with Gasteiger partial charge in [0.2, 0.25) is 0 Å². The van der Waals surface area contributed by atoms with E-state index in [-0.39, 0.29) is 0 Å². The SMILES string of the molecule is Cc1cccc(-c2ccc(N3CCN(C(=O)N[C@H](C(=O)CO)[C@@H](C)O)CC3)cc2)c1. The molecule has 2 aromatic carbocycles. The third-order valence-electron chi connectivity index (χ3n) is 5.41. The van der Waals surface area contributed by atoms with Gasteiger partial charge < -0.3 is 25.3 Å². The number of hydrogen-bond acceptors (Lipinski definition) is 5. The predicted molar refractivity (Wildman–Crippen MR) is 116 cm³/mol. The highest BCUT2D eigenvalue weighted by Gasteiger charge is 2.28. The number of rotatable bonds is 6. The van der Waals surface area contributed by atoms with Crippen LogP contribution in [0, 0.1) is 6.92 Å². The first-order chi connectivity index (χ1) is 14.4. The van der Waals surface area contributed by atoms with Gasteiger partial charge in [0, 0.05) is 31.9 Å². The molecule has 1 aliphatic rings. The summed E-state index contributed by atoms with van der Waals surface area (Å²) in [6.07, 6.45) is -1.07. The Kier molecular flexibility index (Phi) is 7.07. The molecule has 2 amide bonds.